The van der Waals surface area contributed by atoms with E-state index in [9.17, 15) is 4.79 Å². The first kappa shape index (κ1) is 17.1. The van der Waals surface area contributed by atoms with Gasteiger partial charge in [0.25, 0.3) is 5.91 Å². The van der Waals surface area contributed by atoms with Crippen LogP contribution in [0, 0.1) is 0 Å². The van der Waals surface area contributed by atoms with Crippen molar-refractivity contribution >= 4 is 11.6 Å². The van der Waals surface area contributed by atoms with Gasteiger partial charge in [-0.15, -0.1) is 0 Å². The van der Waals surface area contributed by atoms with Gasteiger partial charge in [0.2, 0.25) is 0 Å². The lowest BCUT2D eigenvalue weighted by atomic mass is 10.0. The summed E-state index contributed by atoms with van der Waals surface area (Å²) in [6.45, 7) is 4.69. The lowest BCUT2D eigenvalue weighted by Gasteiger charge is -2.39. The Balaban J connectivity index is 1.47. The SMILES string of the molecule is CN1CCN(C(=O)c2ccc(N3CCCC3)cc2)C[C@@H]1c1ccccc1. The second kappa shape index (κ2) is 7.50. The highest BCUT2D eigenvalue weighted by atomic mass is 16.2. The Kier molecular flexibility index (Phi) is 4.93. The second-order valence-corrected chi connectivity index (χ2v) is 7.40. The average Bonchev–Trinajstić information content (AvgIpc) is 3.23. The zero-order chi connectivity index (χ0) is 17.9. The Hall–Kier alpha value is -2.33. The predicted octanol–water partition coefficient (Wildman–Crippen LogP) is 3.42. The lowest BCUT2D eigenvalue weighted by molar-refractivity contribution is 0.0546. The fraction of sp³-hybridized carbons (Fsp3) is 0.409. The van der Waals surface area contributed by atoms with Crippen molar-refractivity contribution < 1.29 is 4.79 Å². The molecule has 0 unspecified atom stereocenters. The van der Waals surface area contributed by atoms with Crippen molar-refractivity contribution in [2.45, 2.75) is 18.9 Å². The Morgan fingerprint density at radius 2 is 1.58 bits per heavy atom. The molecule has 0 bridgehead atoms. The van der Waals surface area contributed by atoms with Gasteiger partial charge in [-0.25, -0.2) is 0 Å². The number of hydrogen-bond acceptors (Lipinski definition) is 3. The molecule has 4 heteroatoms. The van der Waals surface area contributed by atoms with Crippen molar-refractivity contribution in [3.8, 4) is 0 Å². The van der Waals surface area contributed by atoms with E-state index in [1.807, 2.05) is 23.1 Å². The minimum Gasteiger partial charge on any atom is -0.372 e. The Labute approximate surface area is 156 Å². The highest BCUT2D eigenvalue weighted by Gasteiger charge is 2.28. The average molecular weight is 349 g/mol. The number of piperazine rings is 1. The first-order valence-corrected chi connectivity index (χ1v) is 9.62. The molecule has 0 spiro atoms. The first-order valence-electron chi connectivity index (χ1n) is 9.62. The normalized spacial score (nSPS) is 21.2. The summed E-state index contributed by atoms with van der Waals surface area (Å²) in [6.07, 6.45) is 2.53. The maximum atomic E-state index is 13.0. The molecule has 1 amide bonds. The maximum Gasteiger partial charge on any atom is 0.253 e. The van der Waals surface area contributed by atoms with E-state index in [2.05, 4.69) is 53.2 Å². The van der Waals surface area contributed by atoms with Gasteiger partial charge in [-0.3, -0.25) is 9.69 Å². The number of carbonyl (C=O) groups is 1. The molecule has 2 heterocycles. The third-order valence-corrected chi connectivity index (χ3v) is 5.71. The molecule has 4 rings (SSSR count). The monoisotopic (exact) mass is 349 g/mol. The number of rotatable bonds is 3. The standard InChI is InChI=1S/C22H27N3O/c1-23-15-16-25(17-21(23)18-7-3-2-4-8-18)22(26)19-9-11-20(12-10-19)24-13-5-6-14-24/h2-4,7-12,21H,5-6,13-17H2,1H3/t21-/m1/s1. The van der Waals surface area contributed by atoms with Crippen molar-refractivity contribution in [1.82, 2.24) is 9.80 Å². The van der Waals surface area contributed by atoms with Crippen LogP contribution in [0.1, 0.15) is 34.8 Å². The fourth-order valence-corrected chi connectivity index (χ4v) is 4.07. The van der Waals surface area contributed by atoms with Crippen molar-refractivity contribution in [3.05, 3.63) is 65.7 Å². The predicted molar refractivity (Wildman–Crippen MR) is 106 cm³/mol. The van der Waals surface area contributed by atoms with Gasteiger partial charge in [0.15, 0.2) is 0 Å². The number of nitrogens with zero attached hydrogens (tertiary/aromatic N) is 3. The fourth-order valence-electron chi connectivity index (χ4n) is 4.07. The van der Waals surface area contributed by atoms with Crippen LogP contribution in [0.15, 0.2) is 54.6 Å². The molecule has 0 N–H and O–H groups in total. The highest BCUT2D eigenvalue weighted by Crippen LogP contribution is 2.26. The molecule has 0 aromatic heterocycles. The van der Waals surface area contributed by atoms with Crippen molar-refractivity contribution in [2.24, 2.45) is 0 Å². The van der Waals surface area contributed by atoms with Gasteiger partial charge >= 0.3 is 0 Å². The summed E-state index contributed by atoms with van der Waals surface area (Å²) in [5.74, 6) is 0.145. The minimum absolute atomic E-state index is 0.145. The number of amides is 1. The largest absolute Gasteiger partial charge is 0.372 e. The lowest BCUT2D eigenvalue weighted by Crippen LogP contribution is -2.49. The van der Waals surface area contributed by atoms with E-state index in [-0.39, 0.29) is 11.9 Å². The molecule has 0 aliphatic carbocycles. The quantitative estimate of drug-likeness (QED) is 0.850. The van der Waals surface area contributed by atoms with Gasteiger partial charge in [0.1, 0.15) is 0 Å². The van der Waals surface area contributed by atoms with Crippen LogP contribution in [0.2, 0.25) is 0 Å². The maximum absolute atomic E-state index is 13.0. The Morgan fingerprint density at radius 1 is 0.885 bits per heavy atom. The Morgan fingerprint density at radius 3 is 2.27 bits per heavy atom. The van der Waals surface area contributed by atoms with Gasteiger partial charge in [-0.1, -0.05) is 30.3 Å². The van der Waals surface area contributed by atoms with Crippen LogP contribution >= 0.6 is 0 Å². The summed E-state index contributed by atoms with van der Waals surface area (Å²) < 4.78 is 0. The van der Waals surface area contributed by atoms with Crippen LogP contribution in [0.5, 0.6) is 0 Å². The van der Waals surface area contributed by atoms with Crippen molar-refractivity contribution in [3.63, 3.8) is 0 Å². The van der Waals surface area contributed by atoms with Crippen LogP contribution in [0.25, 0.3) is 0 Å². The van der Waals surface area contributed by atoms with E-state index in [1.165, 1.54) is 24.1 Å². The molecule has 2 aromatic rings. The van der Waals surface area contributed by atoms with E-state index < -0.39 is 0 Å². The number of hydrogen-bond donors (Lipinski definition) is 0. The van der Waals surface area contributed by atoms with E-state index in [0.29, 0.717) is 0 Å². The molecule has 136 valence electrons. The molecular weight excluding hydrogens is 322 g/mol. The summed E-state index contributed by atoms with van der Waals surface area (Å²) in [7, 11) is 2.14. The molecule has 0 radical (unpaired) electrons. The summed E-state index contributed by atoms with van der Waals surface area (Å²) in [5, 5.41) is 0. The van der Waals surface area contributed by atoms with Gasteiger partial charge in [0.05, 0.1) is 6.04 Å². The molecular formula is C22H27N3O. The van der Waals surface area contributed by atoms with E-state index >= 15 is 0 Å². The van der Waals surface area contributed by atoms with Gasteiger partial charge < -0.3 is 9.80 Å². The first-order chi connectivity index (χ1) is 12.7. The van der Waals surface area contributed by atoms with Crippen LogP contribution < -0.4 is 4.90 Å². The van der Waals surface area contributed by atoms with Crippen molar-refractivity contribution in [1.29, 1.82) is 0 Å². The van der Waals surface area contributed by atoms with Crippen LogP contribution in [-0.2, 0) is 0 Å². The van der Waals surface area contributed by atoms with Crippen molar-refractivity contribution in [2.75, 3.05) is 44.7 Å². The van der Waals surface area contributed by atoms with E-state index in [1.54, 1.807) is 0 Å². The summed E-state index contributed by atoms with van der Waals surface area (Å²) in [5.41, 5.74) is 3.31. The summed E-state index contributed by atoms with van der Waals surface area (Å²) >= 11 is 0. The molecule has 2 fully saturated rings. The van der Waals surface area contributed by atoms with Crippen LogP contribution in [0.4, 0.5) is 5.69 Å². The minimum atomic E-state index is 0.145. The van der Waals surface area contributed by atoms with Crippen LogP contribution in [-0.4, -0.2) is 55.5 Å². The molecule has 1 atom stereocenters. The molecule has 2 aliphatic heterocycles. The highest BCUT2D eigenvalue weighted by molar-refractivity contribution is 5.94. The number of anilines is 1. The van der Waals surface area contributed by atoms with Gasteiger partial charge in [-0.05, 0) is 49.7 Å². The smallest absolute Gasteiger partial charge is 0.253 e. The number of likely N-dealkylation sites (N-methyl/N-ethyl adjacent to an activating group) is 1. The molecule has 26 heavy (non-hydrogen) atoms. The van der Waals surface area contributed by atoms with E-state index in [4.69, 9.17) is 0 Å². The van der Waals surface area contributed by atoms with Crippen LogP contribution in [0.3, 0.4) is 0 Å². The molecule has 2 saturated heterocycles. The number of carbonyl (C=O) groups excluding carboxylic acids is 1. The third-order valence-electron chi connectivity index (χ3n) is 5.71. The Bertz CT molecular complexity index is 738. The molecule has 4 nitrogen and oxygen atoms in total. The zero-order valence-electron chi connectivity index (χ0n) is 15.5. The van der Waals surface area contributed by atoms with Gasteiger partial charge in [-0.2, -0.15) is 0 Å². The molecule has 0 saturated carbocycles. The number of benzene rings is 2. The van der Waals surface area contributed by atoms with Gasteiger partial charge in [0, 0.05) is 44.0 Å². The summed E-state index contributed by atoms with van der Waals surface area (Å²) in [4.78, 5) is 19.8. The van der Waals surface area contributed by atoms with E-state index in [0.717, 1.165) is 38.3 Å². The molecule has 2 aliphatic rings. The zero-order valence-corrected chi connectivity index (χ0v) is 15.5. The third kappa shape index (κ3) is 3.47. The summed E-state index contributed by atoms with van der Waals surface area (Å²) in [6, 6.07) is 18.9. The second-order valence-electron chi connectivity index (χ2n) is 7.40. The molecule has 2 aromatic carbocycles. The topological polar surface area (TPSA) is 26.8 Å².